The number of hydrogen-bond acceptors (Lipinski definition) is 5. The van der Waals surface area contributed by atoms with Gasteiger partial charge < -0.3 is 4.90 Å². The third-order valence-electron chi connectivity index (χ3n) is 5.03. The number of aromatic nitrogens is 2. The van der Waals surface area contributed by atoms with Crippen LogP contribution in [0.4, 0.5) is 0 Å². The van der Waals surface area contributed by atoms with Crippen LogP contribution in [0.2, 0.25) is 5.15 Å². The summed E-state index contributed by atoms with van der Waals surface area (Å²) in [6.07, 6.45) is 3.84. The lowest BCUT2D eigenvalue weighted by Crippen LogP contribution is -2.48. The van der Waals surface area contributed by atoms with Crippen molar-refractivity contribution in [2.45, 2.75) is 24.3 Å². The SMILES string of the molecule is CN1CCC[C@]2(CCN(S(=O)(=O)c3c(Cl)nc4sccn34)C2)C1=O. The first-order valence-electron chi connectivity index (χ1n) is 7.72. The van der Waals surface area contributed by atoms with Gasteiger partial charge in [0.25, 0.3) is 10.0 Å². The smallest absolute Gasteiger partial charge is 0.262 e. The van der Waals surface area contributed by atoms with Gasteiger partial charge in [-0.1, -0.05) is 11.6 Å². The zero-order valence-corrected chi connectivity index (χ0v) is 15.5. The van der Waals surface area contributed by atoms with Gasteiger partial charge in [0.15, 0.2) is 15.1 Å². The molecule has 4 rings (SSSR count). The molecule has 130 valence electrons. The molecule has 0 radical (unpaired) electrons. The second-order valence-electron chi connectivity index (χ2n) is 6.46. The minimum absolute atomic E-state index is 0.00548. The highest BCUT2D eigenvalue weighted by molar-refractivity contribution is 7.89. The van der Waals surface area contributed by atoms with Gasteiger partial charge >= 0.3 is 0 Å². The number of fused-ring (bicyclic) bond motifs is 1. The van der Waals surface area contributed by atoms with E-state index in [1.807, 2.05) is 0 Å². The summed E-state index contributed by atoms with van der Waals surface area (Å²) in [5, 5.41) is 1.74. The second-order valence-corrected chi connectivity index (χ2v) is 9.55. The molecule has 0 bridgehead atoms. The van der Waals surface area contributed by atoms with Crippen LogP contribution in [0.25, 0.3) is 4.96 Å². The number of halogens is 1. The van der Waals surface area contributed by atoms with E-state index in [0.717, 1.165) is 19.4 Å². The maximum Gasteiger partial charge on any atom is 0.262 e. The Bertz CT molecular complexity index is 922. The number of imidazole rings is 1. The van der Waals surface area contributed by atoms with E-state index >= 15 is 0 Å². The van der Waals surface area contributed by atoms with Crippen LogP contribution >= 0.6 is 22.9 Å². The second kappa shape index (κ2) is 5.42. The zero-order valence-electron chi connectivity index (χ0n) is 13.1. The molecule has 2 aromatic rings. The van der Waals surface area contributed by atoms with Gasteiger partial charge in [-0.2, -0.15) is 4.31 Å². The number of hydrogen-bond donors (Lipinski definition) is 0. The molecule has 2 aliphatic rings. The van der Waals surface area contributed by atoms with Crippen molar-refractivity contribution in [3.63, 3.8) is 0 Å². The standard InChI is InChI=1S/C14H17ClN4O3S2/c1-17-5-2-3-14(12(17)20)4-6-18(9-14)24(21,22)11-10(15)16-13-19(11)7-8-23-13/h7-8H,2-6,9H2,1H3/t14-/m1/s1. The molecule has 0 aliphatic carbocycles. The molecule has 24 heavy (non-hydrogen) atoms. The van der Waals surface area contributed by atoms with Crippen LogP contribution in [0, 0.1) is 5.41 Å². The van der Waals surface area contributed by atoms with Crippen molar-refractivity contribution < 1.29 is 13.2 Å². The average molecular weight is 389 g/mol. The van der Waals surface area contributed by atoms with E-state index in [-0.39, 0.29) is 22.6 Å². The van der Waals surface area contributed by atoms with Crippen LogP contribution in [-0.2, 0) is 14.8 Å². The van der Waals surface area contributed by atoms with Crippen LogP contribution < -0.4 is 0 Å². The first kappa shape index (κ1) is 16.3. The minimum Gasteiger partial charge on any atom is -0.345 e. The highest BCUT2D eigenvalue weighted by Gasteiger charge is 2.51. The van der Waals surface area contributed by atoms with Crippen molar-refractivity contribution in [1.82, 2.24) is 18.6 Å². The number of carbonyl (C=O) groups excluding carboxylic acids is 1. The Hall–Kier alpha value is -1.16. The van der Waals surface area contributed by atoms with Crippen LogP contribution in [-0.4, -0.2) is 59.6 Å². The molecule has 2 aromatic heterocycles. The van der Waals surface area contributed by atoms with Gasteiger partial charge in [0, 0.05) is 38.3 Å². The summed E-state index contributed by atoms with van der Waals surface area (Å²) < 4.78 is 29.1. The topological polar surface area (TPSA) is 75.0 Å². The highest BCUT2D eigenvalue weighted by atomic mass is 35.5. The number of amides is 1. The highest BCUT2D eigenvalue weighted by Crippen LogP contribution is 2.42. The fourth-order valence-electron chi connectivity index (χ4n) is 3.78. The average Bonchev–Trinajstić information content (AvgIpc) is 3.19. The molecule has 4 heterocycles. The van der Waals surface area contributed by atoms with E-state index in [1.165, 1.54) is 20.0 Å². The van der Waals surface area contributed by atoms with Crippen molar-refractivity contribution in [2.75, 3.05) is 26.7 Å². The normalized spacial score (nSPS) is 26.1. The van der Waals surface area contributed by atoms with Gasteiger partial charge in [0.05, 0.1) is 5.41 Å². The predicted octanol–water partition coefficient (Wildman–Crippen LogP) is 1.68. The van der Waals surface area contributed by atoms with E-state index in [1.54, 1.807) is 23.5 Å². The summed E-state index contributed by atoms with van der Waals surface area (Å²) in [4.78, 5) is 19.0. The molecule has 1 amide bonds. The molecular formula is C14H17ClN4O3S2. The monoisotopic (exact) mass is 388 g/mol. The Balaban J connectivity index is 1.71. The number of nitrogens with zero attached hydrogens (tertiary/aromatic N) is 4. The van der Waals surface area contributed by atoms with Crippen molar-refractivity contribution in [3.05, 3.63) is 16.7 Å². The third-order valence-corrected chi connectivity index (χ3v) is 8.03. The van der Waals surface area contributed by atoms with E-state index in [9.17, 15) is 13.2 Å². The van der Waals surface area contributed by atoms with Crippen LogP contribution in [0.5, 0.6) is 0 Å². The largest absolute Gasteiger partial charge is 0.345 e. The molecule has 2 saturated heterocycles. The van der Waals surface area contributed by atoms with E-state index in [0.29, 0.717) is 17.9 Å². The lowest BCUT2D eigenvalue weighted by molar-refractivity contribution is -0.143. The van der Waals surface area contributed by atoms with Gasteiger partial charge in [-0.25, -0.2) is 13.4 Å². The van der Waals surface area contributed by atoms with Crippen LogP contribution in [0.3, 0.4) is 0 Å². The summed E-state index contributed by atoms with van der Waals surface area (Å²) >= 11 is 7.42. The number of rotatable bonds is 2. The molecule has 2 aliphatic heterocycles. The van der Waals surface area contributed by atoms with E-state index in [2.05, 4.69) is 4.98 Å². The number of piperidine rings is 1. The zero-order chi connectivity index (χ0) is 17.1. The van der Waals surface area contributed by atoms with Crippen molar-refractivity contribution >= 4 is 43.8 Å². The van der Waals surface area contributed by atoms with E-state index in [4.69, 9.17) is 11.6 Å². The van der Waals surface area contributed by atoms with E-state index < -0.39 is 15.4 Å². The molecule has 0 unspecified atom stereocenters. The lowest BCUT2D eigenvalue weighted by Gasteiger charge is -2.37. The van der Waals surface area contributed by atoms with Crippen LogP contribution in [0.1, 0.15) is 19.3 Å². The maximum atomic E-state index is 13.1. The third kappa shape index (κ3) is 2.22. The van der Waals surface area contributed by atoms with Gasteiger partial charge in [-0.05, 0) is 19.3 Å². The minimum atomic E-state index is -3.80. The maximum absolute atomic E-state index is 13.1. The summed E-state index contributed by atoms with van der Waals surface area (Å²) in [6.45, 7) is 1.28. The number of carbonyl (C=O) groups is 1. The number of likely N-dealkylation sites (tertiary alicyclic amines) is 1. The molecule has 7 nitrogen and oxygen atoms in total. The summed E-state index contributed by atoms with van der Waals surface area (Å²) in [5.41, 5.74) is -0.592. The predicted molar refractivity (Wildman–Crippen MR) is 90.8 cm³/mol. The van der Waals surface area contributed by atoms with Gasteiger partial charge in [-0.15, -0.1) is 11.3 Å². The fourth-order valence-corrected chi connectivity index (χ4v) is 6.71. The van der Waals surface area contributed by atoms with Crippen molar-refractivity contribution in [1.29, 1.82) is 0 Å². The first-order chi connectivity index (χ1) is 11.3. The molecule has 2 fully saturated rings. The molecule has 0 N–H and O–H groups in total. The fraction of sp³-hybridized carbons (Fsp3) is 0.571. The lowest BCUT2D eigenvalue weighted by atomic mass is 9.78. The Labute approximate surface area is 148 Å². The van der Waals surface area contributed by atoms with Crippen molar-refractivity contribution in [3.8, 4) is 0 Å². The van der Waals surface area contributed by atoms with Crippen molar-refractivity contribution in [2.24, 2.45) is 5.41 Å². The summed E-state index contributed by atoms with van der Waals surface area (Å²) in [7, 11) is -2.02. The Morgan fingerprint density at radius 1 is 1.33 bits per heavy atom. The van der Waals surface area contributed by atoms with Gasteiger partial charge in [-0.3, -0.25) is 9.20 Å². The molecular weight excluding hydrogens is 372 g/mol. The molecule has 0 aromatic carbocycles. The number of thiazole rings is 1. The number of sulfonamides is 1. The molecule has 10 heteroatoms. The summed E-state index contributed by atoms with van der Waals surface area (Å²) in [5.74, 6) is 0.0477. The molecule has 1 spiro atoms. The van der Waals surface area contributed by atoms with Gasteiger partial charge in [0.1, 0.15) is 0 Å². The summed E-state index contributed by atoms with van der Waals surface area (Å²) in [6, 6.07) is 0. The Morgan fingerprint density at radius 3 is 2.92 bits per heavy atom. The Morgan fingerprint density at radius 2 is 2.12 bits per heavy atom. The Kier molecular flexibility index (Phi) is 3.68. The molecule has 1 atom stereocenters. The quantitative estimate of drug-likeness (QED) is 0.784. The van der Waals surface area contributed by atoms with Crippen LogP contribution in [0.15, 0.2) is 16.6 Å². The molecule has 0 saturated carbocycles. The van der Waals surface area contributed by atoms with Gasteiger partial charge in [0.2, 0.25) is 5.91 Å². The first-order valence-corrected chi connectivity index (χ1v) is 10.4.